The lowest BCUT2D eigenvalue weighted by Gasteiger charge is -2.23. The second-order valence-corrected chi connectivity index (χ2v) is 5.48. The first kappa shape index (κ1) is 12.7. The van der Waals surface area contributed by atoms with Crippen molar-refractivity contribution in [3.8, 4) is 0 Å². The van der Waals surface area contributed by atoms with Crippen LogP contribution in [-0.4, -0.2) is 24.6 Å². The topological polar surface area (TPSA) is 37.0 Å². The van der Waals surface area contributed by atoms with Crippen molar-refractivity contribution < 1.29 is 0 Å². The molecule has 0 atom stereocenters. The van der Waals surface area contributed by atoms with Gasteiger partial charge in [0.2, 0.25) is 0 Å². The van der Waals surface area contributed by atoms with E-state index >= 15 is 0 Å². The summed E-state index contributed by atoms with van der Waals surface area (Å²) in [4.78, 5) is 4.45. The van der Waals surface area contributed by atoms with Crippen LogP contribution in [0.2, 0.25) is 5.02 Å². The van der Waals surface area contributed by atoms with Crippen molar-refractivity contribution >= 4 is 28.2 Å². The van der Waals surface area contributed by atoms with E-state index in [1.165, 1.54) is 12.8 Å². The summed E-state index contributed by atoms with van der Waals surface area (Å²) in [5.41, 5.74) is 2.04. The summed E-state index contributed by atoms with van der Waals surface area (Å²) in [6.07, 6.45) is 4.30. The molecule has 0 unspecified atom stereocenters. The number of hydrogen-bond donors (Lipinski definition) is 2. The third-order valence-electron chi connectivity index (χ3n) is 3.76. The van der Waals surface area contributed by atoms with Crippen molar-refractivity contribution in [3.63, 3.8) is 0 Å². The lowest BCUT2D eigenvalue weighted by Crippen LogP contribution is -2.31. The van der Waals surface area contributed by atoms with E-state index in [-0.39, 0.29) is 0 Å². The molecular formula is C15H18ClN3. The third kappa shape index (κ3) is 2.82. The number of halogens is 1. The Kier molecular flexibility index (Phi) is 3.85. The van der Waals surface area contributed by atoms with Crippen LogP contribution >= 0.6 is 11.6 Å². The smallest absolute Gasteiger partial charge is 0.0948 e. The fourth-order valence-electron chi connectivity index (χ4n) is 2.62. The maximum atomic E-state index is 6.20. The van der Waals surface area contributed by atoms with Crippen molar-refractivity contribution in [3.05, 3.63) is 35.5 Å². The number of rotatable bonds is 3. The van der Waals surface area contributed by atoms with Crippen LogP contribution in [0, 0.1) is 5.92 Å². The highest BCUT2D eigenvalue weighted by Crippen LogP contribution is 2.28. The molecule has 19 heavy (non-hydrogen) atoms. The molecule has 0 radical (unpaired) electrons. The summed E-state index contributed by atoms with van der Waals surface area (Å²) < 4.78 is 0. The number of nitrogens with zero attached hydrogens (tertiary/aromatic N) is 1. The molecule has 100 valence electrons. The van der Waals surface area contributed by atoms with Gasteiger partial charge >= 0.3 is 0 Å². The van der Waals surface area contributed by atoms with Gasteiger partial charge in [-0.1, -0.05) is 11.6 Å². The van der Waals surface area contributed by atoms with Crippen molar-refractivity contribution in [2.75, 3.05) is 25.0 Å². The molecule has 1 aromatic carbocycles. The van der Waals surface area contributed by atoms with Crippen LogP contribution in [0.25, 0.3) is 10.9 Å². The van der Waals surface area contributed by atoms with Gasteiger partial charge in [0.15, 0.2) is 0 Å². The normalized spacial score (nSPS) is 16.7. The Bertz CT molecular complexity index is 564. The number of aromatic nitrogens is 1. The Balaban J connectivity index is 1.79. The Hall–Kier alpha value is -1.32. The Labute approximate surface area is 118 Å². The zero-order valence-corrected chi connectivity index (χ0v) is 11.6. The number of anilines is 1. The predicted molar refractivity (Wildman–Crippen MR) is 80.8 cm³/mol. The van der Waals surface area contributed by atoms with E-state index in [0.29, 0.717) is 0 Å². The van der Waals surface area contributed by atoms with Crippen molar-refractivity contribution in [2.45, 2.75) is 12.8 Å². The molecule has 1 fully saturated rings. The summed E-state index contributed by atoms with van der Waals surface area (Å²) in [5.74, 6) is 0.746. The van der Waals surface area contributed by atoms with Crippen LogP contribution < -0.4 is 10.6 Å². The second-order valence-electron chi connectivity index (χ2n) is 5.07. The fraction of sp³-hybridized carbons (Fsp3) is 0.400. The van der Waals surface area contributed by atoms with E-state index in [9.17, 15) is 0 Å². The summed E-state index contributed by atoms with van der Waals surface area (Å²) in [7, 11) is 0. The minimum Gasteiger partial charge on any atom is -0.383 e. The lowest BCUT2D eigenvalue weighted by molar-refractivity contribution is 0.390. The van der Waals surface area contributed by atoms with Crippen LogP contribution in [-0.2, 0) is 0 Å². The first-order chi connectivity index (χ1) is 9.34. The molecule has 1 aromatic heterocycles. The molecule has 0 aliphatic carbocycles. The molecule has 2 N–H and O–H groups in total. The van der Waals surface area contributed by atoms with Gasteiger partial charge in [0.05, 0.1) is 16.2 Å². The molecule has 0 spiro atoms. The first-order valence-electron chi connectivity index (χ1n) is 6.82. The van der Waals surface area contributed by atoms with E-state index < -0.39 is 0 Å². The molecule has 1 aliphatic rings. The van der Waals surface area contributed by atoms with Crippen LogP contribution in [0.1, 0.15) is 12.8 Å². The molecule has 4 heteroatoms. The van der Waals surface area contributed by atoms with Crippen molar-refractivity contribution in [1.29, 1.82) is 0 Å². The minimum atomic E-state index is 0.746. The maximum absolute atomic E-state index is 6.20. The minimum absolute atomic E-state index is 0.746. The fourth-order valence-corrected chi connectivity index (χ4v) is 2.84. The SMILES string of the molecule is Clc1ccc(NCC2CCNCC2)c2ncccc12. The largest absolute Gasteiger partial charge is 0.383 e. The summed E-state index contributed by atoms with van der Waals surface area (Å²) >= 11 is 6.20. The van der Waals surface area contributed by atoms with Crippen molar-refractivity contribution in [1.82, 2.24) is 10.3 Å². The molecule has 0 bridgehead atoms. The van der Waals surface area contributed by atoms with Gasteiger partial charge in [-0.3, -0.25) is 4.98 Å². The molecule has 2 heterocycles. The maximum Gasteiger partial charge on any atom is 0.0948 e. The number of pyridine rings is 1. The number of nitrogens with one attached hydrogen (secondary N) is 2. The standard InChI is InChI=1S/C15H18ClN3/c16-13-3-4-14(15-12(13)2-1-7-18-15)19-10-11-5-8-17-9-6-11/h1-4,7,11,17,19H,5-6,8-10H2. The quantitative estimate of drug-likeness (QED) is 0.902. The summed E-state index contributed by atoms with van der Waals surface area (Å²) in [5, 5.41) is 8.70. The Morgan fingerprint density at radius 1 is 1.26 bits per heavy atom. The molecule has 1 aliphatic heterocycles. The number of fused-ring (bicyclic) bond motifs is 1. The molecule has 1 saturated heterocycles. The van der Waals surface area contributed by atoms with Gasteiger partial charge in [0, 0.05) is 18.1 Å². The van der Waals surface area contributed by atoms with Crippen LogP contribution in [0.5, 0.6) is 0 Å². The molecular weight excluding hydrogens is 258 g/mol. The Morgan fingerprint density at radius 2 is 2.11 bits per heavy atom. The number of piperidine rings is 1. The van der Waals surface area contributed by atoms with Gasteiger partial charge in [-0.05, 0) is 56.1 Å². The zero-order chi connectivity index (χ0) is 13.1. The van der Waals surface area contributed by atoms with Gasteiger partial charge < -0.3 is 10.6 Å². The van der Waals surface area contributed by atoms with Crippen LogP contribution in [0.3, 0.4) is 0 Å². The third-order valence-corrected chi connectivity index (χ3v) is 4.09. The van der Waals surface area contributed by atoms with Gasteiger partial charge in [-0.2, -0.15) is 0 Å². The average Bonchev–Trinajstić information content (AvgIpc) is 2.48. The number of benzene rings is 1. The van der Waals surface area contributed by atoms with Crippen molar-refractivity contribution in [2.24, 2.45) is 5.92 Å². The van der Waals surface area contributed by atoms with Gasteiger partial charge in [-0.25, -0.2) is 0 Å². The molecule has 3 nitrogen and oxygen atoms in total. The summed E-state index contributed by atoms with van der Waals surface area (Å²) in [6, 6.07) is 7.90. The molecule has 0 amide bonds. The first-order valence-corrected chi connectivity index (χ1v) is 7.20. The van der Waals surface area contributed by atoms with Gasteiger partial charge in [0.25, 0.3) is 0 Å². The Morgan fingerprint density at radius 3 is 2.95 bits per heavy atom. The summed E-state index contributed by atoms with van der Waals surface area (Å²) in [6.45, 7) is 3.27. The van der Waals surface area contributed by atoms with Gasteiger partial charge in [0.1, 0.15) is 0 Å². The van der Waals surface area contributed by atoms with Crippen LogP contribution in [0.4, 0.5) is 5.69 Å². The van der Waals surface area contributed by atoms with Gasteiger partial charge in [-0.15, -0.1) is 0 Å². The van der Waals surface area contributed by atoms with E-state index in [1.807, 2.05) is 30.5 Å². The van der Waals surface area contributed by atoms with E-state index in [4.69, 9.17) is 11.6 Å². The molecule has 2 aromatic rings. The molecule has 3 rings (SSSR count). The predicted octanol–water partition coefficient (Wildman–Crippen LogP) is 3.30. The van der Waals surface area contributed by atoms with E-state index in [1.54, 1.807) is 0 Å². The monoisotopic (exact) mass is 275 g/mol. The highest BCUT2D eigenvalue weighted by molar-refractivity contribution is 6.35. The highest BCUT2D eigenvalue weighted by atomic mass is 35.5. The molecule has 0 saturated carbocycles. The lowest BCUT2D eigenvalue weighted by atomic mass is 9.98. The van der Waals surface area contributed by atoms with E-state index in [0.717, 1.165) is 47.2 Å². The number of hydrogen-bond acceptors (Lipinski definition) is 3. The zero-order valence-electron chi connectivity index (χ0n) is 10.8. The second kappa shape index (κ2) is 5.76. The van der Waals surface area contributed by atoms with Crippen LogP contribution in [0.15, 0.2) is 30.5 Å². The average molecular weight is 276 g/mol. The highest BCUT2D eigenvalue weighted by Gasteiger charge is 2.13. The van der Waals surface area contributed by atoms with E-state index in [2.05, 4.69) is 15.6 Å².